The normalized spacial score (nSPS) is 20.2. The molecule has 20 heavy (non-hydrogen) atoms. The molecular formula is C14H27N3O3. The number of aliphatic hydroxyl groups excluding tert-OH is 1. The van der Waals surface area contributed by atoms with Crippen molar-refractivity contribution in [2.45, 2.75) is 65.3 Å². The van der Waals surface area contributed by atoms with Gasteiger partial charge in [-0.3, -0.25) is 14.6 Å². The van der Waals surface area contributed by atoms with E-state index in [1.807, 2.05) is 0 Å². The molecule has 0 aromatic carbocycles. The molecule has 0 radical (unpaired) electrons. The molecule has 1 aliphatic rings. The minimum absolute atomic E-state index is 0.0318. The summed E-state index contributed by atoms with van der Waals surface area (Å²) in [7, 11) is 0. The number of nitrogens with one attached hydrogen (secondary N) is 1. The second kappa shape index (κ2) is 6.10. The Balaban J connectivity index is 2.65. The van der Waals surface area contributed by atoms with Crippen LogP contribution < -0.4 is 5.32 Å². The molecule has 1 fully saturated rings. The second-order valence-electron chi connectivity index (χ2n) is 6.51. The van der Waals surface area contributed by atoms with E-state index >= 15 is 0 Å². The molecule has 0 unspecified atom stereocenters. The molecule has 0 aromatic heterocycles. The quantitative estimate of drug-likeness (QED) is 0.708. The smallest absolute Gasteiger partial charge is 0.325 e. The molecule has 3 amide bonds. The molecule has 0 aromatic rings. The Bertz CT molecular complexity index is 372. The summed E-state index contributed by atoms with van der Waals surface area (Å²) in [6.07, 6.45) is -0.747. The number of β-amino-alcohol motifs (C(OH)–C–C–N with tert-alkyl or cyclic N) is 1. The van der Waals surface area contributed by atoms with Gasteiger partial charge in [-0.15, -0.1) is 0 Å². The van der Waals surface area contributed by atoms with E-state index < -0.39 is 17.7 Å². The Hall–Kier alpha value is -1.14. The fourth-order valence-electron chi connectivity index (χ4n) is 2.51. The lowest BCUT2D eigenvalue weighted by molar-refractivity contribution is -0.131. The standard InChI is InChI=1S/C14H27N3O3/c1-9(2)16(10(3)4)7-11(18)8-17-12(19)14(5,6)15-13(17)20/h9-11,18H,7-8H2,1-6H3,(H,15,20)/t11-/m1/s1. The van der Waals surface area contributed by atoms with Crippen LogP contribution in [0.1, 0.15) is 41.5 Å². The van der Waals surface area contributed by atoms with Crippen molar-refractivity contribution in [2.24, 2.45) is 0 Å². The molecule has 1 heterocycles. The van der Waals surface area contributed by atoms with Crippen LogP contribution in [0, 0.1) is 0 Å². The summed E-state index contributed by atoms with van der Waals surface area (Å²) in [5, 5.41) is 12.8. The number of carbonyl (C=O) groups is 2. The Kier molecular flexibility index (Phi) is 5.15. The van der Waals surface area contributed by atoms with Crippen molar-refractivity contribution < 1.29 is 14.7 Å². The van der Waals surface area contributed by atoms with Gasteiger partial charge in [0, 0.05) is 18.6 Å². The SMILES string of the molecule is CC(C)N(C[C@@H](O)CN1C(=O)NC(C)(C)C1=O)C(C)C. The first kappa shape index (κ1) is 16.9. The minimum atomic E-state index is -0.882. The van der Waals surface area contributed by atoms with E-state index in [4.69, 9.17) is 0 Å². The number of amides is 3. The van der Waals surface area contributed by atoms with Crippen molar-refractivity contribution in [3.05, 3.63) is 0 Å². The third-order valence-corrected chi connectivity index (χ3v) is 3.59. The lowest BCUT2D eigenvalue weighted by atomic mass is 10.1. The van der Waals surface area contributed by atoms with Gasteiger partial charge in [0.25, 0.3) is 5.91 Å². The summed E-state index contributed by atoms with van der Waals surface area (Å²) in [5.74, 6) is -0.290. The van der Waals surface area contributed by atoms with Gasteiger partial charge in [0.2, 0.25) is 0 Å². The lowest BCUT2D eigenvalue weighted by Crippen LogP contribution is -2.47. The average Bonchev–Trinajstić information content (AvgIpc) is 2.47. The molecule has 116 valence electrons. The number of hydrogen-bond donors (Lipinski definition) is 2. The number of aliphatic hydroxyl groups is 1. The molecule has 0 saturated carbocycles. The van der Waals surface area contributed by atoms with Crippen LogP contribution in [0.5, 0.6) is 0 Å². The molecule has 1 atom stereocenters. The van der Waals surface area contributed by atoms with Gasteiger partial charge < -0.3 is 10.4 Å². The molecule has 2 N–H and O–H groups in total. The van der Waals surface area contributed by atoms with Gasteiger partial charge in [-0.05, 0) is 41.5 Å². The van der Waals surface area contributed by atoms with Crippen molar-refractivity contribution in [1.29, 1.82) is 0 Å². The zero-order valence-electron chi connectivity index (χ0n) is 13.3. The average molecular weight is 285 g/mol. The third-order valence-electron chi connectivity index (χ3n) is 3.59. The van der Waals surface area contributed by atoms with Crippen LogP contribution >= 0.6 is 0 Å². The van der Waals surface area contributed by atoms with Crippen molar-refractivity contribution in [2.75, 3.05) is 13.1 Å². The monoisotopic (exact) mass is 285 g/mol. The van der Waals surface area contributed by atoms with E-state index in [9.17, 15) is 14.7 Å². The van der Waals surface area contributed by atoms with Crippen molar-refractivity contribution in [3.63, 3.8) is 0 Å². The highest BCUT2D eigenvalue weighted by Crippen LogP contribution is 2.17. The van der Waals surface area contributed by atoms with Crippen LogP contribution in [0.4, 0.5) is 4.79 Å². The highest BCUT2D eigenvalue weighted by Gasteiger charge is 2.44. The van der Waals surface area contributed by atoms with Crippen LogP contribution in [0.25, 0.3) is 0 Å². The molecular weight excluding hydrogens is 258 g/mol. The number of rotatable bonds is 6. The fraction of sp³-hybridized carbons (Fsp3) is 0.857. The maximum Gasteiger partial charge on any atom is 0.325 e. The zero-order valence-corrected chi connectivity index (χ0v) is 13.3. The Labute approximate surface area is 121 Å². The first-order valence-electron chi connectivity index (χ1n) is 7.14. The fourth-order valence-corrected chi connectivity index (χ4v) is 2.51. The first-order chi connectivity index (χ1) is 9.06. The van der Waals surface area contributed by atoms with E-state index in [-0.39, 0.29) is 12.5 Å². The summed E-state index contributed by atoms with van der Waals surface area (Å²) in [5.41, 5.74) is -0.882. The maximum atomic E-state index is 12.0. The van der Waals surface area contributed by atoms with Crippen LogP contribution in [-0.4, -0.2) is 63.7 Å². The van der Waals surface area contributed by atoms with Crippen LogP contribution in [0.2, 0.25) is 0 Å². The van der Waals surface area contributed by atoms with Crippen molar-refractivity contribution in [3.8, 4) is 0 Å². The summed E-state index contributed by atoms with van der Waals surface area (Å²) in [4.78, 5) is 27.0. The molecule has 1 saturated heterocycles. The number of hydrogen-bond acceptors (Lipinski definition) is 4. The van der Waals surface area contributed by atoms with Gasteiger partial charge in [-0.1, -0.05) is 0 Å². The van der Waals surface area contributed by atoms with Gasteiger partial charge in [0.15, 0.2) is 0 Å². The first-order valence-corrected chi connectivity index (χ1v) is 7.14. The molecule has 1 rings (SSSR count). The van der Waals surface area contributed by atoms with Gasteiger partial charge in [-0.25, -0.2) is 4.79 Å². The van der Waals surface area contributed by atoms with E-state index in [0.29, 0.717) is 18.6 Å². The molecule has 6 nitrogen and oxygen atoms in total. The van der Waals surface area contributed by atoms with Crippen LogP contribution in [-0.2, 0) is 4.79 Å². The number of imide groups is 1. The molecule has 0 aliphatic carbocycles. The van der Waals surface area contributed by atoms with Gasteiger partial charge in [0.1, 0.15) is 5.54 Å². The minimum Gasteiger partial charge on any atom is -0.390 e. The summed E-state index contributed by atoms with van der Waals surface area (Å²) < 4.78 is 0. The summed E-state index contributed by atoms with van der Waals surface area (Å²) in [6, 6.07) is 0.160. The Morgan fingerprint density at radius 1 is 1.20 bits per heavy atom. The highest BCUT2D eigenvalue weighted by atomic mass is 16.3. The molecule has 0 spiro atoms. The maximum absolute atomic E-state index is 12.0. The number of urea groups is 1. The van der Waals surface area contributed by atoms with Gasteiger partial charge >= 0.3 is 6.03 Å². The zero-order chi connectivity index (χ0) is 15.7. The van der Waals surface area contributed by atoms with E-state index in [0.717, 1.165) is 4.90 Å². The van der Waals surface area contributed by atoms with Gasteiger partial charge in [0.05, 0.1) is 12.6 Å². The summed E-state index contributed by atoms with van der Waals surface area (Å²) in [6.45, 7) is 12.0. The van der Waals surface area contributed by atoms with Crippen LogP contribution in [0.3, 0.4) is 0 Å². The highest BCUT2D eigenvalue weighted by molar-refractivity contribution is 6.06. The molecule has 6 heteroatoms. The Morgan fingerprint density at radius 3 is 2.05 bits per heavy atom. The molecule has 0 bridgehead atoms. The van der Waals surface area contributed by atoms with Crippen molar-refractivity contribution >= 4 is 11.9 Å². The van der Waals surface area contributed by atoms with E-state index in [2.05, 4.69) is 37.9 Å². The number of carbonyl (C=O) groups excluding carboxylic acids is 2. The largest absolute Gasteiger partial charge is 0.390 e. The predicted molar refractivity (Wildman–Crippen MR) is 77.3 cm³/mol. The summed E-state index contributed by atoms with van der Waals surface area (Å²) >= 11 is 0. The Morgan fingerprint density at radius 2 is 1.70 bits per heavy atom. The topological polar surface area (TPSA) is 72.9 Å². The van der Waals surface area contributed by atoms with Crippen LogP contribution in [0.15, 0.2) is 0 Å². The van der Waals surface area contributed by atoms with E-state index in [1.54, 1.807) is 13.8 Å². The third kappa shape index (κ3) is 3.70. The predicted octanol–water partition coefficient (Wildman–Crippen LogP) is 0.796. The van der Waals surface area contributed by atoms with Crippen molar-refractivity contribution in [1.82, 2.24) is 15.1 Å². The second-order valence-corrected chi connectivity index (χ2v) is 6.51. The lowest BCUT2D eigenvalue weighted by Gasteiger charge is -2.33. The van der Waals surface area contributed by atoms with E-state index in [1.165, 1.54) is 0 Å². The van der Waals surface area contributed by atoms with Gasteiger partial charge in [-0.2, -0.15) is 0 Å². The number of nitrogens with zero attached hydrogens (tertiary/aromatic N) is 2. The molecule has 1 aliphatic heterocycles.